The normalized spacial score (nSPS) is 15.6. The number of alkyl halides is 24. The molecule has 0 aromatic heterocycles. The van der Waals surface area contributed by atoms with Crippen LogP contribution in [-0.2, 0) is 151 Å². The first-order chi connectivity index (χ1) is 68.9. The summed E-state index contributed by atoms with van der Waals surface area (Å²) in [7, 11) is -5.94. The lowest BCUT2D eigenvalue weighted by atomic mass is 9.97. The maximum Gasteiger partial charge on any atom is 0.534 e. The molecule has 0 spiro atoms. The summed E-state index contributed by atoms with van der Waals surface area (Å²) in [5.74, 6) is -14.6. The fourth-order valence-corrected chi connectivity index (χ4v) is 19.4. The topological polar surface area (TPSA) is 347 Å². The van der Waals surface area contributed by atoms with Gasteiger partial charge in [-0.2, -0.15) is 114 Å². The van der Waals surface area contributed by atoms with E-state index in [0.29, 0.717) is 84.5 Å². The predicted molar refractivity (Wildman–Crippen MR) is 492 cm³/mol. The Labute approximate surface area is 859 Å². The van der Waals surface area contributed by atoms with Gasteiger partial charge in [-0.25, -0.2) is 0 Å². The van der Waals surface area contributed by atoms with Crippen molar-refractivity contribution in [2.75, 3.05) is 91.6 Å². The Balaban J connectivity index is 0.000000212. The van der Waals surface area contributed by atoms with Crippen molar-refractivity contribution in [3.05, 3.63) is 198 Å². The maximum absolute atomic E-state index is 12.7. The van der Waals surface area contributed by atoms with Gasteiger partial charge in [0.2, 0.25) is 0 Å². The molecule has 7 aromatic rings. The number of hydrogen-bond donors (Lipinski definition) is 5. The second-order valence-electron chi connectivity index (χ2n) is 34.1. The Kier molecular flexibility index (Phi) is 41.0. The number of nitrogens with zero attached hydrogens (tertiary/aromatic N) is 7. The number of carbonyl (C=O) groups is 10. The summed E-state index contributed by atoms with van der Waals surface area (Å²) in [5.41, 5.74) is 3.78. The maximum atomic E-state index is 12.7. The Morgan fingerprint density at radius 3 is 0.946 bits per heavy atom. The van der Waals surface area contributed by atoms with E-state index in [9.17, 15) is 187 Å². The summed E-state index contributed by atoms with van der Waals surface area (Å²) in [6.07, 6.45) is -31.2. The number of rotatable bonds is 7. The number of halogens is 27. The van der Waals surface area contributed by atoms with Gasteiger partial charge in [0, 0.05) is 129 Å². The zero-order valence-electron chi connectivity index (χ0n) is 79.0. The average Bonchev–Trinajstić information content (AvgIpc) is 1.77. The molecule has 7 aliphatic rings. The minimum atomic E-state index is -5.94. The van der Waals surface area contributed by atoms with Crippen LogP contribution >= 0.6 is 47.8 Å². The minimum Gasteiger partial charge on any atom is -0.508 e. The van der Waals surface area contributed by atoms with E-state index in [1.165, 1.54) is 57.2 Å². The zero-order chi connectivity index (χ0) is 112. The molecule has 0 fully saturated rings. The summed E-state index contributed by atoms with van der Waals surface area (Å²) >= 11 is 9.94. The molecule has 7 amide bonds. The van der Waals surface area contributed by atoms with Crippen LogP contribution < -0.4 is 8.92 Å². The number of benzene rings is 7. The molecular weight excluding hydrogens is 2270 g/mol. The molecule has 0 unspecified atom stereocenters. The van der Waals surface area contributed by atoms with Gasteiger partial charge < -0.3 is 68.8 Å². The lowest BCUT2D eigenvalue weighted by Gasteiger charge is -2.21. The zero-order valence-corrected chi connectivity index (χ0v) is 84.6. The Bertz CT molecular complexity index is 6240. The third kappa shape index (κ3) is 31.9. The van der Waals surface area contributed by atoms with Crippen molar-refractivity contribution in [3.8, 4) is 40.2 Å². The smallest absolute Gasteiger partial charge is 0.508 e. The number of amides is 7. The molecule has 0 saturated carbocycles. The molecule has 818 valence electrons. The van der Waals surface area contributed by atoms with Crippen LogP contribution in [0.5, 0.6) is 40.2 Å². The van der Waals surface area contributed by atoms with Gasteiger partial charge in [-0.1, -0.05) is 104 Å². The van der Waals surface area contributed by atoms with E-state index >= 15 is 0 Å². The molecule has 0 atom stereocenters. The lowest BCUT2D eigenvalue weighted by Crippen LogP contribution is -2.42. The fraction of sp³-hybridized carbons (Fsp3) is 0.453. The van der Waals surface area contributed by atoms with Crippen molar-refractivity contribution < 1.29 is 196 Å². The molecule has 0 aliphatic carbocycles. The Morgan fingerprint density at radius 1 is 0.302 bits per heavy atom. The minimum absolute atomic E-state index is 0.00655. The van der Waals surface area contributed by atoms with E-state index in [0.717, 1.165) is 66.2 Å². The highest BCUT2D eigenvalue weighted by molar-refractivity contribution is 9.11. The quantitative estimate of drug-likeness (QED) is 0.0247. The Hall–Kier alpha value is -11.9. The highest BCUT2D eigenvalue weighted by Gasteiger charge is 2.52. The number of Topliss-reactive ketones (excluding diaryl/α,β-unsaturated/α-hetero) is 2. The standard InChI is InChI=1S/C15H15F6NO4S.2C14H13BrF3NO3.C14H14F3NO3.C14H16F3NO2.C12H11BrF3NO2.C12H12F3NO2/c1-2-9-3-4-10-5-7-22(13(23)14(16,17)18)8-6-11(10)12(9)26-27(24,25)15(19,20)21;1-7(20)10-6-11(15)8-2-4-19(13(22)14(16,17)18)5-3-9(8)12(10)21;1-8(20)22-12-3-2-11(15)9-4-6-19(7-5-10(9)12)13(21)14(16,17)18;1-8(19)10-3-2-9-4-6-18(13(21)14(15,16)17)7-5-11(9)12(10)20;1-2-9-3-4-10-5-7-18(13(20)14(15,16)17)8-6-11(10)12(9)19;13-9-1-2-10(18)8-4-6-17(5-3-7(8)9)11(19)12(14,15)16;13-12(14,15)11(18)16-6-4-8-2-1-3-10(17)9(8)5-7-16/h3-4H,2,5-8H2,1H3;6,21H,2-5H2,1H3;2-3H,4-7H2,1H3;2-3,20H,4-7H2,1H3;3-4,19H,2,5-8H2,1H3;1-2,18H,3-6H2;1-3,17H,4-7H2. The molecule has 149 heavy (non-hydrogen) atoms. The molecule has 0 bridgehead atoms. The summed E-state index contributed by atoms with van der Waals surface area (Å²) in [4.78, 5) is 118. The van der Waals surface area contributed by atoms with Gasteiger partial charge in [-0.15, -0.1) is 0 Å². The molecule has 0 saturated heterocycles. The van der Waals surface area contributed by atoms with Gasteiger partial charge in [0.1, 0.15) is 40.2 Å². The number of aromatic hydroxyl groups is 5. The van der Waals surface area contributed by atoms with E-state index in [1.807, 2.05) is 13.0 Å². The first kappa shape index (κ1) is 122. The summed E-state index contributed by atoms with van der Waals surface area (Å²) in [6.45, 7) is 5.96. The number of hydrogen-bond acceptors (Lipinski definition) is 19. The number of fused-ring (bicyclic) bond motifs is 7. The van der Waals surface area contributed by atoms with Crippen LogP contribution in [0.3, 0.4) is 0 Å². The van der Waals surface area contributed by atoms with Gasteiger partial charge in [0.25, 0.3) is 0 Å². The van der Waals surface area contributed by atoms with Gasteiger partial charge in [-0.3, -0.25) is 47.9 Å². The summed E-state index contributed by atoms with van der Waals surface area (Å²) in [6, 6.07) is 22.3. The highest BCUT2D eigenvalue weighted by atomic mass is 79.9. The van der Waals surface area contributed by atoms with Crippen LogP contribution in [-0.4, -0.2) is 268 Å². The van der Waals surface area contributed by atoms with Gasteiger partial charge in [0.15, 0.2) is 11.6 Å². The SMILES string of the molecule is CC(=O)Oc1ccc(Br)c2c1CCN(C(=O)C(F)(F)F)CC2.CC(=O)c1cc(Br)c2c(c1O)CCN(C(=O)C(F)(F)F)CC2.CC(=O)c1ccc2c(c1O)CCN(C(=O)C(F)(F)F)CC2.CCc1ccc2c(c1O)CCN(C(=O)C(F)(F)F)CC2.CCc1ccc2c(c1OS(=O)(=O)C(F)(F)F)CCN(C(=O)C(F)(F)F)CC2.O=C(N1CCc2c(O)ccc(Br)c2CC1)C(F)(F)F.O=C(N1CCc2cccc(O)c2CC1)C(F)(F)F. The number of aryl methyl sites for hydroxylation is 2. The molecule has 26 nitrogen and oxygen atoms in total. The number of carbonyl (C=O) groups excluding carboxylic acids is 10. The second-order valence-corrected chi connectivity index (χ2v) is 38.2. The average molecular weight is 2370 g/mol. The highest BCUT2D eigenvalue weighted by Crippen LogP contribution is 2.43. The lowest BCUT2D eigenvalue weighted by molar-refractivity contribution is -0.185. The van der Waals surface area contributed by atoms with E-state index in [2.05, 4.69) is 52.0 Å². The third-order valence-corrected chi connectivity index (χ3v) is 27.7. The largest absolute Gasteiger partial charge is 0.534 e. The van der Waals surface area contributed by atoms with Crippen molar-refractivity contribution >= 4 is 117 Å². The molecule has 0 radical (unpaired) electrons. The van der Waals surface area contributed by atoms with Crippen LogP contribution in [0.2, 0.25) is 0 Å². The number of phenols is 5. The van der Waals surface area contributed by atoms with Crippen molar-refractivity contribution in [1.29, 1.82) is 0 Å². The van der Waals surface area contributed by atoms with Crippen molar-refractivity contribution in [2.24, 2.45) is 0 Å². The summed E-state index contributed by atoms with van der Waals surface area (Å²) in [5, 5.41) is 49.7. The van der Waals surface area contributed by atoms with E-state index in [-0.39, 0.29) is 231 Å². The van der Waals surface area contributed by atoms with Crippen molar-refractivity contribution in [3.63, 3.8) is 0 Å². The van der Waals surface area contributed by atoms with E-state index in [1.54, 1.807) is 49.4 Å². The fourth-order valence-electron chi connectivity index (χ4n) is 17.0. The van der Waals surface area contributed by atoms with E-state index < -0.39 is 118 Å². The van der Waals surface area contributed by atoms with Crippen LogP contribution in [0.25, 0.3) is 0 Å². The van der Waals surface area contributed by atoms with Crippen LogP contribution in [0.1, 0.15) is 144 Å². The first-order valence-electron chi connectivity index (χ1n) is 45.0. The van der Waals surface area contributed by atoms with Gasteiger partial charge in [0.05, 0.1) is 11.1 Å². The summed E-state index contributed by atoms with van der Waals surface area (Å²) < 4.78 is 334. The van der Waals surface area contributed by atoms with Crippen molar-refractivity contribution in [2.45, 2.75) is 186 Å². The number of esters is 1. The molecule has 5 N–H and O–H groups in total. The molecule has 7 aromatic carbocycles. The molecule has 54 heteroatoms. The molecular formula is C95H94Br3F24N7O19S. The number of ether oxygens (including phenoxy) is 1. The van der Waals surface area contributed by atoms with E-state index in [4.69, 9.17) is 4.74 Å². The van der Waals surface area contributed by atoms with Crippen LogP contribution in [0, 0.1) is 0 Å². The van der Waals surface area contributed by atoms with Gasteiger partial charge >= 0.3 is 106 Å². The number of ketones is 2. The molecule has 7 aliphatic heterocycles. The van der Waals surface area contributed by atoms with Gasteiger partial charge in [-0.05, 0) is 231 Å². The van der Waals surface area contributed by atoms with Crippen molar-refractivity contribution in [1.82, 2.24) is 34.3 Å². The second kappa shape index (κ2) is 49.9. The Morgan fingerprint density at radius 2 is 0.584 bits per heavy atom. The molecule has 14 rings (SSSR count). The third-order valence-electron chi connectivity index (χ3n) is 24.6. The monoisotopic (exact) mass is 2360 g/mol. The molecule has 7 heterocycles. The first-order valence-corrected chi connectivity index (χ1v) is 48.8. The van der Waals surface area contributed by atoms with Crippen LogP contribution in [0.15, 0.2) is 98.3 Å². The predicted octanol–water partition coefficient (Wildman–Crippen LogP) is 17.7. The number of phenolic OH excluding ortho intramolecular Hbond substituents is 5. The van der Waals surface area contributed by atoms with Crippen LogP contribution in [0.4, 0.5) is 105 Å².